The molecule has 28 heavy (non-hydrogen) atoms. The fraction of sp³-hybridized carbons (Fsp3) is 0.250. The Morgan fingerprint density at radius 3 is 2.68 bits per heavy atom. The lowest BCUT2D eigenvalue weighted by Crippen LogP contribution is -2.39. The average Bonchev–Trinajstić information content (AvgIpc) is 2.99. The van der Waals surface area contributed by atoms with Gasteiger partial charge in [0.15, 0.2) is 0 Å². The summed E-state index contributed by atoms with van der Waals surface area (Å²) in [6, 6.07) is 10.4. The first kappa shape index (κ1) is 18.6. The third kappa shape index (κ3) is 3.53. The third-order valence-electron chi connectivity index (χ3n) is 5.00. The van der Waals surface area contributed by atoms with E-state index in [0.29, 0.717) is 19.4 Å². The molecule has 0 spiro atoms. The molecule has 2 N–H and O–H groups in total. The third-order valence-corrected chi connectivity index (χ3v) is 6.52. The molecule has 0 saturated heterocycles. The van der Waals surface area contributed by atoms with Crippen LogP contribution in [0.4, 0.5) is 4.39 Å². The highest BCUT2D eigenvalue weighted by Crippen LogP contribution is 2.32. The standard InChI is InChI=1S/C20H19FN2O4S/c21-15-4-2-5-17(11-15)28(26,27)22-16-9-13-3-1-6-18-20(13)14(10-16)12-23(18)8-7-19(24)25/h1-6,11-12,16,22H,7-10H2,(H,24,25). The maximum absolute atomic E-state index is 13.4. The Hall–Kier alpha value is -2.71. The Bertz CT molecular complexity index is 1170. The van der Waals surface area contributed by atoms with Crippen LogP contribution in [0.1, 0.15) is 17.5 Å². The number of nitrogens with zero attached hydrogens (tertiary/aromatic N) is 1. The van der Waals surface area contributed by atoms with Crippen molar-refractivity contribution in [3.63, 3.8) is 0 Å². The van der Waals surface area contributed by atoms with Gasteiger partial charge in [-0.15, -0.1) is 0 Å². The lowest BCUT2D eigenvalue weighted by Gasteiger charge is -2.23. The molecule has 0 saturated carbocycles. The molecule has 0 bridgehead atoms. The molecule has 8 heteroatoms. The van der Waals surface area contributed by atoms with Gasteiger partial charge >= 0.3 is 5.97 Å². The molecule has 4 rings (SSSR count). The summed E-state index contributed by atoms with van der Waals surface area (Å²) in [5.74, 6) is -1.47. The van der Waals surface area contributed by atoms with Gasteiger partial charge < -0.3 is 9.67 Å². The maximum atomic E-state index is 13.4. The molecule has 1 aliphatic carbocycles. The van der Waals surface area contributed by atoms with Crippen LogP contribution in [0.15, 0.2) is 53.6 Å². The Morgan fingerprint density at radius 1 is 1.18 bits per heavy atom. The monoisotopic (exact) mass is 402 g/mol. The minimum absolute atomic E-state index is 0.0169. The van der Waals surface area contributed by atoms with Crippen molar-refractivity contribution in [1.82, 2.24) is 9.29 Å². The second-order valence-corrected chi connectivity index (χ2v) is 8.70. The molecule has 1 heterocycles. The van der Waals surface area contributed by atoms with Crippen molar-refractivity contribution in [3.8, 4) is 0 Å². The van der Waals surface area contributed by atoms with Gasteiger partial charge in [-0.25, -0.2) is 17.5 Å². The first-order valence-corrected chi connectivity index (χ1v) is 10.4. The summed E-state index contributed by atoms with van der Waals surface area (Å²) in [6.07, 6.45) is 2.92. The van der Waals surface area contributed by atoms with Crippen LogP contribution in [0.2, 0.25) is 0 Å². The Labute approximate surface area is 161 Å². The first-order chi connectivity index (χ1) is 13.3. The van der Waals surface area contributed by atoms with Gasteiger partial charge in [-0.2, -0.15) is 0 Å². The van der Waals surface area contributed by atoms with Gasteiger partial charge in [0.05, 0.1) is 11.3 Å². The zero-order valence-electron chi connectivity index (χ0n) is 14.9. The number of aryl methyl sites for hydroxylation is 1. The summed E-state index contributed by atoms with van der Waals surface area (Å²) in [5, 5.41) is 10.0. The molecule has 146 valence electrons. The van der Waals surface area contributed by atoms with Crippen molar-refractivity contribution in [1.29, 1.82) is 0 Å². The average molecular weight is 402 g/mol. The molecule has 1 unspecified atom stereocenters. The van der Waals surface area contributed by atoms with E-state index in [0.717, 1.165) is 28.1 Å². The maximum Gasteiger partial charge on any atom is 0.305 e. The molecule has 6 nitrogen and oxygen atoms in total. The number of aliphatic carboxylic acids is 1. The van der Waals surface area contributed by atoms with Gasteiger partial charge in [0.2, 0.25) is 10.0 Å². The van der Waals surface area contributed by atoms with E-state index in [2.05, 4.69) is 4.72 Å². The number of hydrogen-bond acceptors (Lipinski definition) is 3. The zero-order valence-corrected chi connectivity index (χ0v) is 15.7. The normalized spacial score (nSPS) is 16.4. The Kier molecular flexibility index (Phi) is 4.68. The Morgan fingerprint density at radius 2 is 1.93 bits per heavy atom. The van der Waals surface area contributed by atoms with E-state index in [-0.39, 0.29) is 17.4 Å². The van der Waals surface area contributed by atoms with Gasteiger partial charge in [0, 0.05) is 29.7 Å². The summed E-state index contributed by atoms with van der Waals surface area (Å²) >= 11 is 0. The number of aromatic nitrogens is 1. The molecule has 0 radical (unpaired) electrons. The van der Waals surface area contributed by atoms with Crippen molar-refractivity contribution < 1.29 is 22.7 Å². The fourth-order valence-electron chi connectivity index (χ4n) is 3.85. The Balaban J connectivity index is 1.62. The number of sulfonamides is 1. The zero-order chi connectivity index (χ0) is 19.9. The van der Waals surface area contributed by atoms with Crippen LogP contribution in [0, 0.1) is 5.82 Å². The van der Waals surface area contributed by atoms with Crippen molar-refractivity contribution in [2.75, 3.05) is 0 Å². The van der Waals surface area contributed by atoms with Gasteiger partial charge in [-0.1, -0.05) is 18.2 Å². The highest BCUT2D eigenvalue weighted by atomic mass is 32.2. The predicted molar refractivity (Wildman–Crippen MR) is 102 cm³/mol. The number of carboxylic acids is 1. The second kappa shape index (κ2) is 7.03. The van der Waals surface area contributed by atoms with Crippen LogP contribution < -0.4 is 4.72 Å². The summed E-state index contributed by atoms with van der Waals surface area (Å²) in [5.41, 5.74) is 2.95. The molecule has 1 aromatic heterocycles. The molecule has 0 amide bonds. The van der Waals surface area contributed by atoms with E-state index in [9.17, 15) is 17.6 Å². The van der Waals surface area contributed by atoms with E-state index in [4.69, 9.17) is 5.11 Å². The molecule has 2 aromatic carbocycles. The largest absolute Gasteiger partial charge is 0.481 e. The predicted octanol–water partition coefficient (Wildman–Crippen LogP) is 2.70. The summed E-state index contributed by atoms with van der Waals surface area (Å²) < 4.78 is 43.3. The number of carbonyl (C=O) groups is 1. The van der Waals surface area contributed by atoms with Crippen LogP contribution in [0.3, 0.4) is 0 Å². The smallest absolute Gasteiger partial charge is 0.305 e. The van der Waals surface area contributed by atoms with Crippen molar-refractivity contribution in [2.24, 2.45) is 0 Å². The fourth-order valence-corrected chi connectivity index (χ4v) is 5.12. The topological polar surface area (TPSA) is 88.4 Å². The molecular weight excluding hydrogens is 383 g/mol. The minimum Gasteiger partial charge on any atom is -0.481 e. The molecule has 0 aliphatic heterocycles. The number of nitrogens with one attached hydrogen (secondary N) is 1. The van der Waals surface area contributed by atoms with Crippen molar-refractivity contribution >= 4 is 26.9 Å². The second-order valence-electron chi connectivity index (χ2n) is 6.99. The first-order valence-electron chi connectivity index (χ1n) is 8.93. The van der Waals surface area contributed by atoms with Crippen LogP contribution in [0.25, 0.3) is 10.9 Å². The van der Waals surface area contributed by atoms with Crippen LogP contribution in [-0.2, 0) is 34.2 Å². The number of rotatable bonds is 6. The van der Waals surface area contributed by atoms with E-state index >= 15 is 0 Å². The lowest BCUT2D eigenvalue weighted by molar-refractivity contribution is -0.137. The number of benzene rings is 2. The quantitative estimate of drug-likeness (QED) is 0.664. The highest BCUT2D eigenvalue weighted by Gasteiger charge is 2.27. The summed E-state index contributed by atoms with van der Waals surface area (Å²) in [6.45, 7) is 0.356. The van der Waals surface area contributed by atoms with Crippen LogP contribution >= 0.6 is 0 Å². The molecule has 1 atom stereocenters. The highest BCUT2D eigenvalue weighted by molar-refractivity contribution is 7.89. The van der Waals surface area contributed by atoms with E-state index < -0.39 is 21.8 Å². The van der Waals surface area contributed by atoms with Gasteiger partial charge in [0.25, 0.3) is 0 Å². The summed E-state index contributed by atoms with van der Waals surface area (Å²) in [4.78, 5) is 10.8. The van der Waals surface area contributed by atoms with E-state index in [1.165, 1.54) is 18.2 Å². The van der Waals surface area contributed by atoms with E-state index in [1.54, 1.807) is 0 Å². The SMILES string of the molecule is O=C(O)CCn1cc2c3c(cccc31)CC(NS(=O)(=O)c1cccc(F)c1)C2. The lowest BCUT2D eigenvalue weighted by atomic mass is 9.90. The minimum atomic E-state index is -3.84. The van der Waals surface area contributed by atoms with Crippen molar-refractivity contribution in [2.45, 2.75) is 36.7 Å². The molecular formula is C20H19FN2O4S. The van der Waals surface area contributed by atoms with Gasteiger partial charge in [-0.05, 0) is 48.2 Å². The number of halogens is 1. The summed E-state index contributed by atoms with van der Waals surface area (Å²) in [7, 11) is -3.84. The van der Waals surface area contributed by atoms with E-state index in [1.807, 2.05) is 29.0 Å². The van der Waals surface area contributed by atoms with Crippen molar-refractivity contribution in [3.05, 3.63) is 65.6 Å². The molecule has 1 aliphatic rings. The van der Waals surface area contributed by atoms with Gasteiger partial charge in [-0.3, -0.25) is 4.79 Å². The number of carboxylic acid groups (broad SMARTS) is 1. The van der Waals surface area contributed by atoms with Crippen LogP contribution in [-0.4, -0.2) is 30.1 Å². The van der Waals surface area contributed by atoms with Crippen LogP contribution in [0.5, 0.6) is 0 Å². The molecule has 3 aromatic rings. The van der Waals surface area contributed by atoms with Gasteiger partial charge in [0.1, 0.15) is 5.82 Å². The number of hydrogen-bond donors (Lipinski definition) is 2. The molecule has 0 fully saturated rings.